The third kappa shape index (κ3) is 13.2. The van der Waals surface area contributed by atoms with E-state index in [9.17, 15) is 29.1 Å². The molecule has 0 aliphatic heterocycles. The maximum absolute atomic E-state index is 12.7. The fraction of sp³-hybridized carbons (Fsp3) is 0.700. The predicted molar refractivity (Wildman–Crippen MR) is 123 cm³/mol. The Kier molecular flexibility index (Phi) is 13.9. The lowest BCUT2D eigenvalue weighted by Gasteiger charge is -2.23. The molecule has 0 saturated heterocycles. The Morgan fingerprint density at radius 3 is 1.94 bits per heavy atom. The van der Waals surface area contributed by atoms with Crippen molar-refractivity contribution in [2.45, 2.75) is 77.0 Å². The van der Waals surface area contributed by atoms with Crippen molar-refractivity contribution in [3.8, 4) is 0 Å². The van der Waals surface area contributed by atoms with Crippen LogP contribution in [0.3, 0.4) is 0 Å². The molecular formula is C20H37N7O7. The number of hydrogen-bond donors (Lipinski definition) is 8. The number of rotatable bonds is 16. The Balaban J connectivity index is 5.08. The first-order valence-corrected chi connectivity index (χ1v) is 10.9. The number of aliphatic imine (C=N–C) groups is 1. The van der Waals surface area contributed by atoms with E-state index in [0.29, 0.717) is 6.42 Å². The number of hydrogen-bond acceptors (Lipinski definition) is 7. The summed E-state index contributed by atoms with van der Waals surface area (Å²) in [5, 5.41) is 25.4. The van der Waals surface area contributed by atoms with Crippen molar-refractivity contribution >= 4 is 35.6 Å². The van der Waals surface area contributed by atoms with E-state index >= 15 is 0 Å². The maximum atomic E-state index is 12.7. The van der Waals surface area contributed by atoms with Crippen LogP contribution in [0.2, 0.25) is 0 Å². The zero-order valence-electron chi connectivity index (χ0n) is 19.7. The second-order valence-corrected chi connectivity index (χ2v) is 8.31. The summed E-state index contributed by atoms with van der Waals surface area (Å²) in [6.45, 7) is 5.24. The van der Waals surface area contributed by atoms with Crippen LogP contribution in [0.1, 0.15) is 52.9 Å². The number of carboxylic acids is 2. The first-order valence-electron chi connectivity index (χ1n) is 10.9. The number of amides is 3. The summed E-state index contributed by atoms with van der Waals surface area (Å²) in [4.78, 5) is 63.5. The standard InChI is InChI=1S/C20H37N7O7/c1-10(2)9-12(21)17(31)26-13(6-7-15(28)29)18(32)25-11(3)16(30)27-14(19(33)34)5-4-8-24-20(22)23/h10-14H,4-9,21H2,1-3H3,(H,25,32)(H,26,31)(H,27,30)(H,28,29)(H,33,34)(H4,22,23,24). The molecule has 11 N–H and O–H groups in total. The minimum atomic E-state index is -1.28. The Bertz CT molecular complexity index is 754. The highest BCUT2D eigenvalue weighted by atomic mass is 16.4. The molecular weight excluding hydrogens is 450 g/mol. The van der Waals surface area contributed by atoms with E-state index in [1.807, 2.05) is 13.8 Å². The van der Waals surface area contributed by atoms with Gasteiger partial charge in [0.25, 0.3) is 0 Å². The normalized spacial score (nSPS) is 14.3. The number of guanidine groups is 1. The molecule has 0 bridgehead atoms. The molecule has 0 fully saturated rings. The molecule has 0 aromatic heterocycles. The predicted octanol–water partition coefficient (Wildman–Crippen LogP) is -2.16. The molecule has 14 nitrogen and oxygen atoms in total. The van der Waals surface area contributed by atoms with E-state index in [-0.39, 0.29) is 37.7 Å². The lowest BCUT2D eigenvalue weighted by molar-refractivity contribution is -0.142. The number of nitrogens with zero attached hydrogens (tertiary/aromatic N) is 1. The SMILES string of the molecule is CC(C)CC(N)C(=O)NC(CCC(=O)O)C(=O)NC(C)C(=O)NC(CCCN=C(N)N)C(=O)O. The van der Waals surface area contributed by atoms with Gasteiger partial charge in [0.05, 0.1) is 6.04 Å². The minimum Gasteiger partial charge on any atom is -0.481 e. The van der Waals surface area contributed by atoms with E-state index in [4.69, 9.17) is 22.3 Å². The maximum Gasteiger partial charge on any atom is 0.326 e. The van der Waals surface area contributed by atoms with Crippen molar-refractivity contribution in [2.24, 2.45) is 28.1 Å². The van der Waals surface area contributed by atoms with Gasteiger partial charge in [0.1, 0.15) is 18.1 Å². The summed E-state index contributed by atoms with van der Waals surface area (Å²) in [6, 6.07) is -4.54. The summed E-state index contributed by atoms with van der Waals surface area (Å²) in [6.07, 6.45) is 0.0600. The van der Waals surface area contributed by atoms with Gasteiger partial charge in [-0.2, -0.15) is 0 Å². The first-order chi connectivity index (χ1) is 15.7. The molecule has 0 spiro atoms. The highest BCUT2D eigenvalue weighted by Gasteiger charge is 2.28. The molecule has 34 heavy (non-hydrogen) atoms. The van der Waals surface area contributed by atoms with Gasteiger partial charge in [-0.25, -0.2) is 4.79 Å². The second kappa shape index (κ2) is 15.4. The highest BCUT2D eigenvalue weighted by Crippen LogP contribution is 2.05. The topological polar surface area (TPSA) is 252 Å². The van der Waals surface area contributed by atoms with Crippen LogP contribution in [-0.4, -0.2) is 76.5 Å². The monoisotopic (exact) mass is 487 g/mol. The van der Waals surface area contributed by atoms with E-state index in [1.165, 1.54) is 6.92 Å². The minimum absolute atomic E-state index is 0.0452. The third-order valence-electron chi connectivity index (χ3n) is 4.65. The van der Waals surface area contributed by atoms with E-state index in [2.05, 4.69) is 20.9 Å². The Morgan fingerprint density at radius 1 is 0.853 bits per heavy atom. The lowest BCUT2D eigenvalue weighted by atomic mass is 10.0. The van der Waals surface area contributed by atoms with E-state index in [0.717, 1.165) is 0 Å². The summed E-state index contributed by atoms with van der Waals surface area (Å²) in [7, 11) is 0. The van der Waals surface area contributed by atoms with Crippen LogP contribution < -0.4 is 33.2 Å². The first kappa shape index (κ1) is 30.6. The summed E-state index contributed by atoms with van der Waals surface area (Å²) in [5.41, 5.74) is 16.2. The number of carbonyl (C=O) groups is 5. The van der Waals surface area contributed by atoms with Crippen LogP contribution >= 0.6 is 0 Å². The summed E-state index contributed by atoms with van der Waals surface area (Å²) >= 11 is 0. The molecule has 0 aliphatic rings. The van der Waals surface area contributed by atoms with Gasteiger partial charge in [0.2, 0.25) is 17.7 Å². The van der Waals surface area contributed by atoms with Crippen LogP contribution in [0.15, 0.2) is 4.99 Å². The molecule has 0 rings (SSSR count). The smallest absolute Gasteiger partial charge is 0.326 e. The average molecular weight is 488 g/mol. The van der Waals surface area contributed by atoms with Crippen LogP contribution in [-0.2, 0) is 24.0 Å². The fourth-order valence-electron chi connectivity index (χ4n) is 2.87. The highest BCUT2D eigenvalue weighted by molar-refractivity contribution is 5.94. The van der Waals surface area contributed by atoms with Gasteiger partial charge in [-0.05, 0) is 38.5 Å². The summed E-state index contributed by atoms with van der Waals surface area (Å²) in [5.74, 6) is -4.66. The summed E-state index contributed by atoms with van der Waals surface area (Å²) < 4.78 is 0. The number of aliphatic carboxylic acids is 2. The molecule has 0 heterocycles. The van der Waals surface area contributed by atoms with Crippen molar-refractivity contribution in [3.63, 3.8) is 0 Å². The molecule has 0 saturated carbocycles. The van der Waals surface area contributed by atoms with Crippen molar-refractivity contribution in [1.82, 2.24) is 16.0 Å². The molecule has 194 valence electrons. The molecule has 0 radical (unpaired) electrons. The average Bonchev–Trinajstić information content (AvgIpc) is 2.71. The molecule has 0 aromatic rings. The van der Waals surface area contributed by atoms with Crippen LogP contribution in [0.4, 0.5) is 0 Å². The molecule has 14 heteroatoms. The van der Waals surface area contributed by atoms with Crippen LogP contribution in [0.25, 0.3) is 0 Å². The van der Waals surface area contributed by atoms with Crippen LogP contribution in [0.5, 0.6) is 0 Å². The number of nitrogens with two attached hydrogens (primary N) is 3. The van der Waals surface area contributed by atoms with Crippen molar-refractivity contribution in [3.05, 3.63) is 0 Å². The lowest BCUT2D eigenvalue weighted by Crippen LogP contribution is -2.56. The largest absolute Gasteiger partial charge is 0.481 e. The number of nitrogens with one attached hydrogen (secondary N) is 3. The fourth-order valence-corrected chi connectivity index (χ4v) is 2.87. The quantitative estimate of drug-likeness (QED) is 0.0664. The van der Waals surface area contributed by atoms with Crippen molar-refractivity contribution in [1.29, 1.82) is 0 Å². The zero-order valence-corrected chi connectivity index (χ0v) is 19.7. The molecule has 4 unspecified atom stereocenters. The van der Waals surface area contributed by atoms with Crippen molar-refractivity contribution < 1.29 is 34.2 Å². The van der Waals surface area contributed by atoms with Gasteiger partial charge < -0.3 is 43.4 Å². The third-order valence-corrected chi connectivity index (χ3v) is 4.65. The molecule has 0 aliphatic carbocycles. The molecule has 0 aromatic carbocycles. The Labute approximate surface area is 198 Å². The molecule has 3 amide bonds. The van der Waals surface area contributed by atoms with Gasteiger partial charge >= 0.3 is 11.9 Å². The van der Waals surface area contributed by atoms with Crippen LogP contribution in [0, 0.1) is 5.92 Å². The van der Waals surface area contributed by atoms with Gasteiger partial charge in [0, 0.05) is 13.0 Å². The van der Waals surface area contributed by atoms with E-state index in [1.54, 1.807) is 0 Å². The van der Waals surface area contributed by atoms with Gasteiger partial charge in [-0.15, -0.1) is 0 Å². The van der Waals surface area contributed by atoms with Gasteiger partial charge in [-0.3, -0.25) is 24.2 Å². The Morgan fingerprint density at radius 2 is 1.44 bits per heavy atom. The van der Waals surface area contributed by atoms with Gasteiger partial charge in [-0.1, -0.05) is 13.8 Å². The number of carboxylic acid groups (broad SMARTS) is 2. The van der Waals surface area contributed by atoms with Crippen molar-refractivity contribution in [2.75, 3.05) is 6.54 Å². The second-order valence-electron chi connectivity index (χ2n) is 8.31. The zero-order chi connectivity index (χ0) is 26.4. The molecule has 4 atom stereocenters. The Hall–Kier alpha value is -3.42. The number of carbonyl (C=O) groups excluding carboxylic acids is 3. The van der Waals surface area contributed by atoms with E-state index < -0.39 is 60.2 Å². The van der Waals surface area contributed by atoms with Gasteiger partial charge in [0.15, 0.2) is 5.96 Å².